The Kier molecular flexibility index (Phi) is 6.38. The van der Waals surface area contributed by atoms with E-state index in [0.29, 0.717) is 21.8 Å². The lowest BCUT2D eigenvalue weighted by atomic mass is 10.1. The lowest BCUT2D eigenvalue weighted by molar-refractivity contribution is -0.709. The zero-order chi connectivity index (χ0) is 18.6. The van der Waals surface area contributed by atoms with Crippen LogP contribution in [0, 0.1) is 17.1 Å². The molecule has 0 spiro atoms. The average molecular weight is 381 g/mol. The zero-order valence-electron chi connectivity index (χ0n) is 13.7. The number of carbonyl (C=O) groups is 1. The topological polar surface area (TPSA) is 69.5 Å². The fourth-order valence-electron chi connectivity index (χ4n) is 2.45. The first kappa shape index (κ1) is 19.2. The summed E-state index contributed by atoms with van der Waals surface area (Å²) in [6.07, 6.45) is 0. The predicted molar refractivity (Wildman–Crippen MR) is 96.0 cm³/mol. The molecule has 0 aromatic heterocycles. The fourth-order valence-corrected chi connectivity index (χ4v) is 3.00. The Morgan fingerprint density at radius 3 is 2.60 bits per heavy atom. The third-order valence-corrected chi connectivity index (χ3v) is 4.44. The Bertz CT molecular complexity index is 836. The van der Waals surface area contributed by atoms with Gasteiger partial charge in [-0.25, -0.2) is 4.39 Å². The van der Waals surface area contributed by atoms with Gasteiger partial charge in [0.05, 0.1) is 21.3 Å². The molecule has 0 bridgehead atoms. The van der Waals surface area contributed by atoms with Gasteiger partial charge in [-0.2, -0.15) is 5.26 Å². The van der Waals surface area contributed by atoms with E-state index >= 15 is 0 Å². The van der Waals surface area contributed by atoms with Crippen molar-refractivity contribution in [3.63, 3.8) is 0 Å². The van der Waals surface area contributed by atoms with Gasteiger partial charge in [0.1, 0.15) is 17.9 Å². The number of nitrogens with two attached hydrogens (primary N) is 1. The summed E-state index contributed by atoms with van der Waals surface area (Å²) in [5, 5.41) is 13.9. The van der Waals surface area contributed by atoms with E-state index in [1.807, 2.05) is 13.0 Å². The van der Waals surface area contributed by atoms with E-state index in [2.05, 4.69) is 5.32 Å². The zero-order valence-corrected chi connectivity index (χ0v) is 15.2. The standard InChI is InChI=1S/C18H16Cl2FN3O/c1-10(13-7-16(21)15(20)8-14(13)19)23-11(2)18(25)24-17-6-4-3-5-12(17)9-22/h3-8,10-11,23H,1-2H3,(H,24,25)/p+1/t10-,11+/m0/s1. The van der Waals surface area contributed by atoms with Crippen molar-refractivity contribution in [3.05, 3.63) is 63.4 Å². The van der Waals surface area contributed by atoms with Gasteiger partial charge in [0.2, 0.25) is 0 Å². The van der Waals surface area contributed by atoms with Crippen molar-refractivity contribution in [2.75, 3.05) is 5.32 Å². The third-order valence-electron chi connectivity index (χ3n) is 3.83. The summed E-state index contributed by atoms with van der Waals surface area (Å²) < 4.78 is 13.7. The van der Waals surface area contributed by atoms with Gasteiger partial charge in [-0.05, 0) is 38.1 Å². The number of nitriles is 1. The van der Waals surface area contributed by atoms with E-state index in [0.717, 1.165) is 0 Å². The highest BCUT2D eigenvalue weighted by Gasteiger charge is 2.23. The normalized spacial score (nSPS) is 13.0. The Balaban J connectivity index is 2.08. The van der Waals surface area contributed by atoms with Crippen LogP contribution in [0.15, 0.2) is 36.4 Å². The number of nitrogens with one attached hydrogen (secondary N) is 1. The first-order valence-electron chi connectivity index (χ1n) is 7.63. The van der Waals surface area contributed by atoms with Gasteiger partial charge in [-0.3, -0.25) is 4.79 Å². The number of hydrogen-bond acceptors (Lipinski definition) is 2. The van der Waals surface area contributed by atoms with Crippen molar-refractivity contribution in [2.24, 2.45) is 0 Å². The number of para-hydroxylation sites is 1. The number of halogens is 3. The van der Waals surface area contributed by atoms with Crippen LogP contribution in [0.25, 0.3) is 0 Å². The van der Waals surface area contributed by atoms with Gasteiger partial charge in [0.15, 0.2) is 6.04 Å². The first-order chi connectivity index (χ1) is 11.8. The summed E-state index contributed by atoms with van der Waals surface area (Å²) >= 11 is 11.8. The summed E-state index contributed by atoms with van der Waals surface area (Å²) in [6, 6.07) is 10.7. The molecule has 2 aromatic rings. The van der Waals surface area contributed by atoms with Crippen LogP contribution in [0.2, 0.25) is 10.0 Å². The van der Waals surface area contributed by atoms with Gasteiger partial charge < -0.3 is 10.6 Å². The van der Waals surface area contributed by atoms with Crippen LogP contribution in [0.1, 0.15) is 31.0 Å². The van der Waals surface area contributed by atoms with Crippen LogP contribution >= 0.6 is 23.2 Å². The smallest absolute Gasteiger partial charge is 0.282 e. The van der Waals surface area contributed by atoms with Crippen LogP contribution in [0.3, 0.4) is 0 Å². The van der Waals surface area contributed by atoms with Gasteiger partial charge in [-0.1, -0.05) is 35.3 Å². The highest BCUT2D eigenvalue weighted by molar-refractivity contribution is 6.35. The predicted octanol–water partition coefficient (Wildman–Crippen LogP) is 3.66. The molecule has 0 aliphatic rings. The number of carbonyl (C=O) groups excluding carboxylic acids is 1. The monoisotopic (exact) mass is 380 g/mol. The molecule has 4 nitrogen and oxygen atoms in total. The van der Waals surface area contributed by atoms with E-state index in [1.54, 1.807) is 36.5 Å². The van der Waals surface area contributed by atoms with Crippen molar-refractivity contribution in [3.8, 4) is 6.07 Å². The van der Waals surface area contributed by atoms with Gasteiger partial charge in [0.25, 0.3) is 5.91 Å². The summed E-state index contributed by atoms with van der Waals surface area (Å²) in [6.45, 7) is 3.54. The highest BCUT2D eigenvalue weighted by atomic mass is 35.5. The molecule has 2 rings (SSSR count). The molecule has 0 saturated carbocycles. The molecular formula is C18H17Cl2FN3O+. The molecule has 1 amide bonds. The fraction of sp³-hybridized carbons (Fsp3) is 0.222. The summed E-state index contributed by atoms with van der Waals surface area (Å²) in [7, 11) is 0. The number of anilines is 1. The van der Waals surface area contributed by atoms with Crippen LogP contribution in [-0.4, -0.2) is 11.9 Å². The molecule has 0 saturated heterocycles. The van der Waals surface area contributed by atoms with E-state index < -0.39 is 11.9 Å². The maximum absolute atomic E-state index is 13.7. The van der Waals surface area contributed by atoms with E-state index in [4.69, 9.17) is 28.5 Å². The first-order valence-corrected chi connectivity index (χ1v) is 8.38. The van der Waals surface area contributed by atoms with Crippen LogP contribution < -0.4 is 10.6 Å². The Morgan fingerprint density at radius 2 is 1.92 bits per heavy atom. The molecule has 25 heavy (non-hydrogen) atoms. The number of amides is 1. The third kappa shape index (κ3) is 4.70. The second-order valence-electron chi connectivity index (χ2n) is 5.70. The Morgan fingerprint density at radius 1 is 1.24 bits per heavy atom. The maximum atomic E-state index is 13.7. The molecule has 0 radical (unpaired) electrons. The summed E-state index contributed by atoms with van der Waals surface area (Å²) in [5.74, 6) is -0.818. The quantitative estimate of drug-likeness (QED) is 0.777. The molecule has 0 aliphatic carbocycles. The molecule has 0 heterocycles. The van der Waals surface area contributed by atoms with Crippen molar-refractivity contribution < 1.29 is 14.5 Å². The van der Waals surface area contributed by atoms with E-state index in [-0.39, 0.29) is 17.0 Å². The molecule has 0 aliphatic heterocycles. The number of benzene rings is 2. The molecule has 7 heteroatoms. The average Bonchev–Trinajstić information content (AvgIpc) is 2.58. The molecule has 0 fully saturated rings. The van der Waals surface area contributed by atoms with Crippen molar-refractivity contribution in [2.45, 2.75) is 25.9 Å². The van der Waals surface area contributed by atoms with Crippen LogP contribution in [0.5, 0.6) is 0 Å². The number of quaternary nitrogens is 1. The molecular weight excluding hydrogens is 364 g/mol. The second-order valence-corrected chi connectivity index (χ2v) is 6.52. The minimum atomic E-state index is -0.554. The Labute approximate surface area is 155 Å². The van der Waals surface area contributed by atoms with E-state index in [1.165, 1.54) is 12.1 Å². The number of hydrogen-bond donors (Lipinski definition) is 2. The SMILES string of the molecule is C[C@H]([NH2+][C@H](C)C(=O)Nc1ccccc1C#N)c1cc(F)c(Cl)cc1Cl. The lowest BCUT2D eigenvalue weighted by Gasteiger charge is -2.18. The molecule has 0 unspecified atom stereocenters. The van der Waals surface area contributed by atoms with Crippen molar-refractivity contribution >= 4 is 34.8 Å². The van der Waals surface area contributed by atoms with Crippen LogP contribution in [0.4, 0.5) is 10.1 Å². The molecule has 2 atom stereocenters. The molecule has 130 valence electrons. The second kappa shape index (κ2) is 8.30. The minimum absolute atomic E-state index is 0.0418. The number of rotatable bonds is 5. The summed E-state index contributed by atoms with van der Waals surface area (Å²) in [5.41, 5.74) is 1.40. The number of nitrogens with zero attached hydrogens (tertiary/aromatic N) is 1. The van der Waals surface area contributed by atoms with E-state index in [9.17, 15) is 9.18 Å². The summed E-state index contributed by atoms with van der Waals surface area (Å²) in [4.78, 5) is 12.4. The van der Waals surface area contributed by atoms with Gasteiger partial charge in [0, 0.05) is 5.56 Å². The van der Waals surface area contributed by atoms with Gasteiger partial charge >= 0.3 is 0 Å². The minimum Gasteiger partial charge on any atom is -0.330 e. The lowest BCUT2D eigenvalue weighted by Crippen LogP contribution is -2.91. The van der Waals surface area contributed by atoms with Gasteiger partial charge in [-0.15, -0.1) is 0 Å². The molecule has 2 aromatic carbocycles. The molecule has 3 N–H and O–H groups in total. The highest BCUT2D eigenvalue weighted by Crippen LogP contribution is 2.27. The van der Waals surface area contributed by atoms with Crippen molar-refractivity contribution in [1.29, 1.82) is 5.26 Å². The largest absolute Gasteiger partial charge is 0.330 e. The van der Waals surface area contributed by atoms with Crippen molar-refractivity contribution in [1.82, 2.24) is 0 Å². The Hall–Kier alpha value is -2.13. The maximum Gasteiger partial charge on any atom is 0.282 e. The van der Waals surface area contributed by atoms with Crippen LogP contribution in [-0.2, 0) is 4.79 Å².